The van der Waals surface area contributed by atoms with Crippen LogP contribution in [0.25, 0.3) is 0 Å². The van der Waals surface area contributed by atoms with Crippen LogP contribution in [0.15, 0.2) is 0 Å². The Morgan fingerprint density at radius 1 is 1.53 bits per heavy atom. The average Bonchev–Trinajstić information content (AvgIpc) is 2.27. The normalized spacial score (nSPS) is 21.1. The molecule has 0 aromatic rings. The SMILES string of the molecule is CC(CC(N)=O)NCC(O)CN1CCOCC1. The molecule has 1 aliphatic rings. The molecule has 6 heteroatoms. The van der Waals surface area contributed by atoms with Crippen molar-refractivity contribution in [1.82, 2.24) is 10.2 Å². The van der Waals surface area contributed by atoms with Crippen molar-refractivity contribution < 1.29 is 14.6 Å². The van der Waals surface area contributed by atoms with Crippen LogP contribution in [0.4, 0.5) is 0 Å². The van der Waals surface area contributed by atoms with E-state index >= 15 is 0 Å². The second-order valence-electron chi connectivity index (χ2n) is 4.55. The van der Waals surface area contributed by atoms with E-state index in [4.69, 9.17) is 10.5 Å². The van der Waals surface area contributed by atoms with Crippen molar-refractivity contribution in [3.63, 3.8) is 0 Å². The number of morpholine rings is 1. The molecule has 0 spiro atoms. The van der Waals surface area contributed by atoms with Gasteiger partial charge in [0.25, 0.3) is 0 Å². The summed E-state index contributed by atoms with van der Waals surface area (Å²) in [5.41, 5.74) is 5.09. The van der Waals surface area contributed by atoms with Gasteiger partial charge in [0.2, 0.25) is 5.91 Å². The highest BCUT2D eigenvalue weighted by Gasteiger charge is 2.15. The van der Waals surface area contributed by atoms with E-state index < -0.39 is 6.10 Å². The van der Waals surface area contributed by atoms with Crippen LogP contribution in [0.5, 0.6) is 0 Å². The van der Waals surface area contributed by atoms with E-state index in [0.717, 1.165) is 26.3 Å². The molecule has 1 fully saturated rings. The Morgan fingerprint density at radius 3 is 2.76 bits per heavy atom. The summed E-state index contributed by atoms with van der Waals surface area (Å²) in [6, 6.07) is 0.00633. The molecule has 0 saturated carbocycles. The molecule has 100 valence electrons. The number of hydrogen-bond donors (Lipinski definition) is 3. The van der Waals surface area contributed by atoms with Crippen LogP contribution < -0.4 is 11.1 Å². The quantitative estimate of drug-likeness (QED) is 0.510. The summed E-state index contributed by atoms with van der Waals surface area (Å²) < 4.78 is 5.23. The molecule has 2 unspecified atom stereocenters. The number of nitrogens with zero attached hydrogens (tertiary/aromatic N) is 1. The lowest BCUT2D eigenvalue weighted by molar-refractivity contribution is -0.118. The van der Waals surface area contributed by atoms with Gasteiger partial charge in [0.1, 0.15) is 0 Å². The van der Waals surface area contributed by atoms with Gasteiger partial charge in [0, 0.05) is 38.6 Å². The molecular formula is C11H23N3O3. The van der Waals surface area contributed by atoms with Gasteiger partial charge >= 0.3 is 0 Å². The number of primary amides is 1. The number of nitrogens with one attached hydrogen (secondary N) is 1. The lowest BCUT2D eigenvalue weighted by Crippen LogP contribution is -2.45. The highest BCUT2D eigenvalue weighted by molar-refractivity contribution is 5.74. The number of aliphatic hydroxyl groups excluding tert-OH is 1. The molecule has 4 N–H and O–H groups in total. The fourth-order valence-corrected chi connectivity index (χ4v) is 1.86. The average molecular weight is 245 g/mol. The van der Waals surface area contributed by atoms with Crippen molar-refractivity contribution in [3.05, 3.63) is 0 Å². The number of β-amino-alcohol motifs (C(OH)–C–C–N with tert-alkyl or cyclic N) is 1. The predicted octanol–water partition coefficient (Wildman–Crippen LogP) is -1.47. The smallest absolute Gasteiger partial charge is 0.218 e. The molecule has 1 aliphatic heterocycles. The van der Waals surface area contributed by atoms with Crippen LogP contribution in [-0.2, 0) is 9.53 Å². The molecule has 2 atom stereocenters. The van der Waals surface area contributed by atoms with Crippen molar-refractivity contribution in [2.45, 2.75) is 25.5 Å². The predicted molar refractivity (Wildman–Crippen MR) is 64.5 cm³/mol. The number of aliphatic hydroxyl groups is 1. The largest absolute Gasteiger partial charge is 0.390 e. The Bertz CT molecular complexity index is 232. The number of carbonyl (C=O) groups is 1. The van der Waals surface area contributed by atoms with Crippen molar-refractivity contribution in [3.8, 4) is 0 Å². The molecule has 0 bridgehead atoms. The summed E-state index contributed by atoms with van der Waals surface area (Å²) in [7, 11) is 0. The Morgan fingerprint density at radius 2 is 2.18 bits per heavy atom. The van der Waals surface area contributed by atoms with E-state index in [1.54, 1.807) is 0 Å². The first-order chi connectivity index (χ1) is 8.08. The Balaban J connectivity index is 2.11. The van der Waals surface area contributed by atoms with E-state index in [9.17, 15) is 9.90 Å². The summed E-state index contributed by atoms with van der Waals surface area (Å²) in [6.07, 6.45) is -0.131. The lowest BCUT2D eigenvalue weighted by Gasteiger charge is -2.29. The van der Waals surface area contributed by atoms with E-state index in [0.29, 0.717) is 19.5 Å². The highest BCUT2D eigenvalue weighted by Crippen LogP contribution is 1.98. The third kappa shape index (κ3) is 6.58. The zero-order chi connectivity index (χ0) is 12.7. The van der Waals surface area contributed by atoms with Crippen molar-refractivity contribution >= 4 is 5.91 Å². The summed E-state index contributed by atoms with van der Waals surface area (Å²) >= 11 is 0. The first-order valence-corrected chi connectivity index (χ1v) is 6.07. The summed E-state index contributed by atoms with van der Waals surface area (Å²) in [6.45, 7) is 6.20. The van der Waals surface area contributed by atoms with Crippen molar-refractivity contribution in [2.24, 2.45) is 5.73 Å². The zero-order valence-corrected chi connectivity index (χ0v) is 10.4. The van der Waals surface area contributed by atoms with E-state index in [-0.39, 0.29) is 11.9 Å². The summed E-state index contributed by atoms with van der Waals surface area (Å²) in [4.78, 5) is 12.8. The summed E-state index contributed by atoms with van der Waals surface area (Å²) in [5, 5.41) is 12.9. The van der Waals surface area contributed by atoms with Crippen LogP contribution >= 0.6 is 0 Å². The molecule has 0 aromatic heterocycles. The van der Waals surface area contributed by atoms with Crippen molar-refractivity contribution in [1.29, 1.82) is 0 Å². The van der Waals surface area contributed by atoms with Crippen molar-refractivity contribution in [2.75, 3.05) is 39.4 Å². The summed E-state index contributed by atoms with van der Waals surface area (Å²) in [5.74, 6) is -0.326. The molecule has 0 radical (unpaired) electrons. The number of nitrogens with two attached hydrogens (primary N) is 1. The maximum atomic E-state index is 10.7. The zero-order valence-electron chi connectivity index (χ0n) is 10.4. The number of hydrogen-bond acceptors (Lipinski definition) is 5. The Labute approximate surface area is 102 Å². The van der Waals surface area contributed by atoms with Gasteiger partial charge in [0.05, 0.1) is 19.3 Å². The molecule has 1 saturated heterocycles. The number of ether oxygens (including phenoxy) is 1. The van der Waals surface area contributed by atoms with Crippen LogP contribution in [0.2, 0.25) is 0 Å². The molecule has 6 nitrogen and oxygen atoms in total. The van der Waals surface area contributed by atoms with Gasteiger partial charge in [-0.25, -0.2) is 0 Å². The third-order valence-corrected chi connectivity index (χ3v) is 2.78. The molecule has 17 heavy (non-hydrogen) atoms. The van der Waals surface area contributed by atoms with Gasteiger partial charge in [0.15, 0.2) is 0 Å². The Kier molecular flexibility index (Phi) is 6.43. The monoisotopic (exact) mass is 245 g/mol. The topological polar surface area (TPSA) is 87.8 Å². The minimum Gasteiger partial charge on any atom is -0.390 e. The van der Waals surface area contributed by atoms with Crippen LogP contribution in [0.3, 0.4) is 0 Å². The Hall–Kier alpha value is -0.690. The molecular weight excluding hydrogens is 222 g/mol. The van der Waals surface area contributed by atoms with Crippen LogP contribution in [0.1, 0.15) is 13.3 Å². The minimum absolute atomic E-state index is 0.00633. The van der Waals surface area contributed by atoms with E-state index in [1.165, 1.54) is 0 Å². The minimum atomic E-state index is -0.427. The fourth-order valence-electron chi connectivity index (χ4n) is 1.86. The third-order valence-electron chi connectivity index (χ3n) is 2.78. The van der Waals surface area contributed by atoms with Gasteiger partial charge in [-0.3, -0.25) is 9.69 Å². The van der Waals surface area contributed by atoms with Crippen LogP contribution in [-0.4, -0.2) is 67.5 Å². The molecule has 1 rings (SSSR count). The molecule has 1 heterocycles. The van der Waals surface area contributed by atoms with Gasteiger partial charge in [-0.15, -0.1) is 0 Å². The number of amides is 1. The standard InChI is InChI=1S/C11H23N3O3/c1-9(6-11(12)16)13-7-10(15)8-14-2-4-17-5-3-14/h9-10,13,15H,2-8H2,1H3,(H2,12,16). The van der Waals surface area contributed by atoms with Gasteiger partial charge < -0.3 is 20.9 Å². The highest BCUT2D eigenvalue weighted by atomic mass is 16.5. The number of rotatable bonds is 7. The lowest BCUT2D eigenvalue weighted by atomic mass is 10.2. The first kappa shape index (κ1) is 14.4. The number of carbonyl (C=O) groups excluding carboxylic acids is 1. The second kappa shape index (κ2) is 7.60. The van der Waals surface area contributed by atoms with E-state index in [1.807, 2.05) is 6.92 Å². The first-order valence-electron chi connectivity index (χ1n) is 6.07. The maximum Gasteiger partial charge on any atom is 0.218 e. The second-order valence-corrected chi connectivity index (χ2v) is 4.55. The maximum absolute atomic E-state index is 10.7. The fraction of sp³-hybridized carbons (Fsp3) is 0.909. The van der Waals surface area contributed by atoms with E-state index in [2.05, 4.69) is 10.2 Å². The molecule has 0 aromatic carbocycles. The van der Waals surface area contributed by atoms with Gasteiger partial charge in [-0.1, -0.05) is 0 Å². The molecule has 1 amide bonds. The molecule has 0 aliphatic carbocycles. The van der Waals surface area contributed by atoms with Gasteiger partial charge in [-0.05, 0) is 6.92 Å². The van der Waals surface area contributed by atoms with Gasteiger partial charge in [-0.2, -0.15) is 0 Å². The van der Waals surface area contributed by atoms with Crippen LogP contribution in [0, 0.1) is 0 Å².